The summed E-state index contributed by atoms with van der Waals surface area (Å²) in [5.74, 6) is 0. The third-order valence-electron chi connectivity index (χ3n) is 3.59. The van der Waals surface area contributed by atoms with E-state index in [0.29, 0.717) is 6.42 Å². The van der Waals surface area contributed by atoms with Crippen LogP contribution in [0.3, 0.4) is 0 Å². The Hall–Kier alpha value is -0.300. The Kier molecular flexibility index (Phi) is 3.68. The number of fused-ring (bicyclic) bond motifs is 1. The zero-order valence-corrected chi connectivity index (χ0v) is 11.3. The van der Waals surface area contributed by atoms with Gasteiger partial charge in [-0.2, -0.15) is 0 Å². The molecule has 0 aromatic heterocycles. The van der Waals surface area contributed by atoms with Crippen molar-refractivity contribution in [2.24, 2.45) is 4.99 Å². The van der Waals surface area contributed by atoms with Gasteiger partial charge in [0.25, 0.3) is 0 Å². The third-order valence-corrected chi connectivity index (χ3v) is 4.96. The van der Waals surface area contributed by atoms with Crippen LogP contribution in [0.2, 0.25) is 0 Å². The van der Waals surface area contributed by atoms with E-state index in [4.69, 9.17) is 4.74 Å². The molecule has 4 atom stereocenters. The molecule has 0 spiro atoms. The Labute approximate surface area is 106 Å². The molecule has 0 aliphatic carbocycles. The van der Waals surface area contributed by atoms with Gasteiger partial charge in [-0.1, -0.05) is 18.7 Å². The molecule has 6 heteroatoms. The van der Waals surface area contributed by atoms with Gasteiger partial charge in [0.2, 0.25) is 0 Å². The van der Waals surface area contributed by atoms with Gasteiger partial charge in [0.1, 0.15) is 23.2 Å². The summed E-state index contributed by atoms with van der Waals surface area (Å²) < 4.78 is 5.62. The van der Waals surface area contributed by atoms with Crippen LogP contribution in [0.25, 0.3) is 0 Å². The highest BCUT2D eigenvalue weighted by Gasteiger charge is 2.55. The van der Waals surface area contributed by atoms with Gasteiger partial charge >= 0.3 is 0 Å². The van der Waals surface area contributed by atoms with Gasteiger partial charge in [0, 0.05) is 13.6 Å². The lowest BCUT2D eigenvalue weighted by molar-refractivity contribution is -0.140. The number of thioether (sulfide) groups is 1. The number of hydrogen-bond donors (Lipinski definition) is 2. The van der Waals surface area contributed by atoms with E-state index in [1.54, 1.807) is 0 Å². The summed E-state index contributed by atoms with van der Waals surface area (Å²) in [6.45, 7) is 5.06. The molecular formula is C11H20N2O3S. The Balaban J connectivity index is 2.29. The van der Waals surface area contributed by atoms with Crippen molar-refractivity contribution in [3.63, 3.8) is 0 Å². The second kappa shape index (κ2) is 4.76. The minimum Gasteiger partial charge on any atom is -0.388 e. The van der Waals surface area contributed by atoms with E-state index < -0.39 is 17.7 Å². The first-order chi connectivity index (χ1) is 8.05. The molecule has 2 heterocycles. The fourth-order valence-electron chi connectivity index (χ4n) is 2.21. The zero-order valence-electron chi connectivity index (χ0n) is 10.5. The third kappa shape index (κ3) is 1.97. The van der Waals surface area contributed by atoms with Crippen molar-refractivity contribution >= 4 is 16.9 Å². The van der Waals surface area contributed by atoms with Crippen LogP contribution in [0.5, 0.6) is 0 Å². The van der Waals surface area contributed by atoms with Gasteiger partial charge in [0.15, 0.2) is 5.17 Å². The summed E-state index contributed by atoms with van der Waals surface area (Å²) in [6.07, 6.45) is -1.03. The average Bonchev–Trinajstić information content (AvgIpc) is 2.74. The Morgan fingerprint density at radius 3 is 2.82 bits per heavy atom. The monoisotopic (exact) mass is 260 g/mol. The Morgan fingerprint density at radius 1 is 1.53 bits per heavy atom. The van der Waals surface area contributed by atoms with Gasteiger partial charge in [-0.25, -0.2) is 4.99 Å². The van der Waals surface area contributed by atoms with Crippen LogP contribution >= 0.6 is 11.8 Å². The molecule has 2 rings (SSSR count). The van der Waals surface area contributed by atoms with Crippen molar-refractivity contribution in [3.05, 3.63) is 0 Å². The number of ether oxygens (including phenoxy) is 1. The average molecular weight is 260 g/mol. The molecule has 0 aromatic rings. The van der Waals surface area contributed by atoms with E-state index >= 15 is 0 Å². The molecule has 5 nitrogen and oxygen atoms in total. The normalized spacial score (nSPS) is 41.0. The summed E-state index contributed by atoms with van der Waals surface area (Å²) in [6, 6.07) is 0. The van der Waals surface area contributed by atoms with Gasteiger partial charge in [-0.3, -0.25) is 0 Å². The Bertz CT molecular complexity index is 326. The van der Waals surface area contributed by atoms with E-state index in [9.17, 15) is 10.2 Å². The highest BCUT2D eigenvalue weighted by molar-refractivity contribution is 8.14. The highest BCUT2D eigenvalue weighted by Crippen LogP contribution is 2.45. The second-order valence-corrected chi connectivity index (χ2v) is 5.58. The molecule has 2 aliphatic rings. The number of hydrogen-bond acceptors (Lipinski definition) is 6. The fourth-order valence-corrected chi connectivity index (χ4v) is 3.65. The molecule has 0 aromatic carbocycles. The van der Waals surface area contributed by atoms with E-state index in [0.717, 1.165) is 11.7 Å². The van der Waals surface area contributed by atoms with Crippen molar-refractivity contribution in [1.29, 1.82) is 0 Å². The van der Waals surface area contributed by atoms with Crippen LogP contribution in [0.15, 0.2) is 4.99 Å². The molecule has 0 radical (unpaired) electrons. The van der Waals surface area contributed by atoms with Crippen LogP contribution in [0.1, 0.15) is 20.3 Å². The lowest BCUT2D eigenvalue weighted by atomic mass is 9.85. The van der Waals surface area contributed by atoms with Crippen LogP contribution in [-0.2, 0) is 4.74 Å². The first-order valence-electron chi connectivity index (χ1n) is 6.00. The van der Waals surface area contributed by atoms with E-state index in [1.165, 1.54) is 11.8 Å². The molecule has 2 aliphatic heterocycles. The lowest BCUT2D eigenvalue weighted by Gasteiger charge is -2.41. The van der Waals surface area contributed by atoms with Gasteiger partial charge in [-0.05, 0) is 13.3 Å². The summed E-state index contributed by atoms with van der Waals surface area (Å²) in [4.78, 5) is 6.66. The quantitative estimate of drug-likeness (QED) is 0.746. The number of aliphatic hydroxyl groups excluding tert-OH is 2. The standard InChI is InChI=1S/C11H20N2O3S/c1-4-11-8(15)7(14)6-16-9(11)17-10(12-11)13(3)5-2/h7-9,14-15H,4-6H2,1-3H3. The lowest BCUT2D eigenvalue weighted by Crippen LogP contribution is -2.58. The summed E-state index contributed by atoms with van der Waals surface area (Å²) in [5.41, 5.74) is -0.879. The highest BCUT2D eigenvalue weighted by atomic mass is 32.2. The molecule has 2 N–H and O–H groups in total. The minimum absolute atomic E-state index is 0.180. The van der Waals surface area contributed by atoms with Crippen LogP contribution in [-0.4, -0.2) is 63.7 Å². The molecule has 0 bridgehead atoms. The number of amidine groups is 1. The van der Waals surface area contributed by atoms with Crippen molar-refractivity contribution in [1.82, 2.24) is 4.90 Å². The Morgan fingerprint density at radius 2 is 2.24 bits per heavy atom. The molecule has 17 heavy (non-hydrogen) atoms. The molecule has 4 unspecified atom stereocenters. The molecule has 0 amide bonds. The van der Waals surface area contributed by atoms with Crippen molar-refractivity contribution in [2.75, 3.05) is 20.2 Å². The fraction of sp³-hybridized carbons (Fsp3) is 0.909. The van der Waals surface area contributed by atoms with Gasteiger partial charge in [0.05, 0.1) is 6.61 Å². The SMILES string of the molecule is CCN(C)C1=NC2(CC)C(OCC(O)C2O)S1. The molecule has 98 valence electrons. The maximum atomic E-state index is 10.2. The number of aliphatic imine (C=N–C) groups is 1. The van der Waals surface area contributed by atoms with Crippen molar-refractivity contribution in [3.8, 4) is 0 Å². The number of rotatable bonds is 2. The smallest absolute Gasteiger partial charge is 0.162 e. The zero-order chi connectivity index (χ0) is 12.6. The maximum Gasteiger partial charge on any atom is 0.162 e. The van der Waals surface area contributed by atoms with E-state index in [1.807, 2.05) is 18.9 Å². The summed E-state index contributed by atoms with van der Waals surface area (Å²) in [7, 11) is 1.97. The molecular weight excluding hydrogens is 240 g/mol. The number of nitrogens with zero attached hydrogens (tertiary/aromatic N) is 2. The molecule has 0 saturated carbocycles. The maximum absolute atomic E-state index is 10.2. The summed E-state index contributed by atoms with van der Waals surface area (Å²) in [5, 5.41) is 20.8. The molecule has 1 saturated heterocycles. The van der Waals surface area contributed by atoms with Crippen LogP contribution < -0.4 is 0 Å². The summed E-state index contributed by atoms with van der Waals surface area (Å²) >= 11 is 1.54. The first kappa shape index (κ1) is 13.1. The first-order valence-corrected chi connectivity index (χ1v) is 6.88. The van der Waals surface area contributed by atoms with Crippen LogP contribution in [0, 0.1) is 0 Å². The van der Waals surface area contributed by atoms with Gasteiger partial charge < -0.3 is 19.8 Å². The minimum atomic E-state index is -0.846. The van der Waals surface area contributed by atoms with Crippen molar-refractivity contribution in [2.45, 2.75) is 43.5 Å². The second-order valence-electron chi connectivity index (χ2n) is 4.55. The topological polar surface area (TPSA) is 65.3 Å². The largest absolute Gasteiger partial charge is 0.388 e. The predicted molar refractivity (Wildman–Crippen MR) is 68.1 cm³/mol. The van der Waals surface area contributed by atoms with Crippen molar-refractivity contribution < 1.29 is 14.9 Å². The predicted octanol–water partition coefficient (Wildman–Crippen LogP) is 0.268. The van der Waals surface area contributed by atoms with Crippen LogP contribution in [0.4, 0.5) is 0 Å². The van der Waals surface area contributed by atoms with E-state index in [2.05, 4.69) is 11.9 Å². The van der Waals surface area contributed by atoms with E-state index in [-0.39, 0.29) is 12.0 Å². The number of aliphatic hydroxyl groups is 2. The van der Waals surface area contributed by atoms with Gasteiger partial charge in [-0.15, -0.1) is 0 Å². The molecule has 1 fully saturated rings.